The fourth-order valence-corrected chi connectivity index (χ4v) is 6.06. The van der Waals surface area contributed by atoms with Crippen molar-refractivity contribution >= 4 is 11.8 Å². The summed E-state index contributed by atoms with van der Waals surface area (Å²) in [6.07, 6.45) is 2.06. The SMILES string of the molecule is CC(C)N(CC(=O)N1CCn2cccc2[C@H]1c1cccc(Oc2ccccc2)c1)C(=O)C(c1ccccc1)c1ccccc1. The summed E-state index contributed by atoms with van der Waals surface area (Å²) in [6, 6.07) is 40.9. The molecule has 0 N–H and O–H groups in total. The van der Waals surface area contributed by atoms with Gasteiger partial charge in [0.05, 0.1) is 12.0 Å². The summed E-state index contributed by atoms with van der Waals surface area (Å²) >= 11 is 0. The van der Waals surface area contributed by atoms with E-state index in [0.717, 1.165) is 28.1 Å². The van der Waals surface area contributed by atoms with E-state index in [1.54, 1.807) is 4.90 Å². The van der Waals surface area contributed by atoms with Crippen LogP contribution in [0.3, 0.4) is 0 Å². The van der Waals surface area contributed by atoms with Crippen LogP contribution in [0.5, 0.6) is 11.5 Å². The summed E-state index contributed by atoms with van der Waals surface area (Å²) in [7, 11) is 0. The van der Waals surface area contributed by atoms with Gasteiger partial charge in [-0.25, -0.2) is 0 Å². The fourth-order valence-electron chi connectivity index (χ4n) is 6.06. The molecule has 4 aromatic carbocycles. The van der Waals surface area contributed by atoms with E-state index >= 15 is 0 Å². The fraction of sp³-hybridized carbons (Fsp3) is 0.211. The Balaban J connectivity index is 1.30. The van der Waals surface area contributed by atoms with Gasteiger partial charge in [-0.3, -0.25) is 9.59 Å². The monoisotopic (exact) mass is 583 g/mol. The minimum atomic E-state index is -0.506. The predicted molar refractivity (Wildman–Crippen MR) is 173 cm³/mol. The van der Waals surface area contributed by atoms with E-state index in [9.17, 15) is 9.59 Å². The lowest BCUT2D eigenvalue weighted by Gasteiger charge is -2.39. The molecule has 5 aromatic rings. The van der Waals surface area contributed by atoms with E-state index in [1.165, 1.54) is 0 Å². The molecule has 0 spiro atoms. The Morgan fingerprint density at radius 3 is 2.00 bits per heavy atom. The van der Waals surface area contributed by atoms with Gasteiger partial charge in [-0.2, -0.15) is 0 Å². The molecule has 44 heavy (non-hydrogen) atoms. The summed E-state index contributed by atoms with van der Waals surface area (Å²) in [5.41, 5.74) is 3.81. The van der Waals surface area contributed by atoms with Gasteiger partial charge in [-0.15, -0.1) is 0 Å². The standard InChI is InChI=1S/C38H37N3O3/c1-28(2)41(38(43)36(29-14-6-3-7-15-29)30-16-8-4-9-17-30)27-35(42)40-25-24-39-23-13-22-34(39)37(40)31-18-12-21-33(26-31)44-32-19-10-5-11-20-32/h3-23,26,28,36-37H,24-25,27H2,1-2H3/t37-/m1/s1. The van der Waals surface area contributed by atoms with Crippen molar-refractivity contribution in [3.8, 4) is 11.5 Å². The Kier molecular flexibility index (Phi) is 8.59. The molecule has 0 saturated carbocycles. The van der Waals surface area contributed by atoms with Gasteiger partial charge >= 0.3 is 0 Å². The number of hydrogen-bond donors (Lipinski definition) is 0. The zero-order valence-electron chi connectivity index (χ0n) is 25.1. The molecular weight excluding hydrogens is 546 g/mol. The van der Waals surface area contributed by atoms with Crippen LogP contribution >= 0.6 is 0 Å². The molecule has 6 heteroatoms. The molecule has 1 aliphatic heterocycles. The first-order valence-electron chi connectivity index (χ1n) is 15.2. The number of aromatic nitrogens is 1. The lowest BCUT2D eigenvalue weighted by atomic mass is 9.89. The minimum Gasteiger partial charge on any atom is -0.457 e. The van der Waals surface area contributed by atoms with E-state index in [-0.39, 0.29) is 30.4 Å². The molecule has 0 saturated heterocycles. The van der Waals surface area contributed by atoms with Gasteiger partial charge in [0, 0.05) is 31.0 Å². The summed E-state index contributed by atoms with van der Waals surface area (Å²) < 4.78 is 8.35. The van der Waals surface area contributed by atoms with Crippen LogP contribution in [0, 0.1) is 0 Å². The molecule has 0 radical (unpaired) electrons. The maximum atomic E-state index is 14.4. The van der Waals surface area contributed by atoms with Crippen LogP contribution in [-0.2, 0) is 16.1 Å². The lowest BCUT2D eigenvalue weighted by molar-refractivity contribution is -0.143. The van der Waals surface area contributed by atoms with Gasteiger partial charge < -0.3 is 19.1 Å². The first kappa shape index (κ1) is 29.0. The van der Waals surface area contributed by atoms with Crippen LogP contribution in [-0.4, -0.2) is 45.3 Å². The van der Waals surface area contributed by atoms with Crippen molar-refractivity contribution in [1.82, 2.24) is 14.4 Å². The van der Waals surface area contributed by atoms with E-state index in [4.69, 9.17) is 4.74 Å². The summed E-state index contributed by atoms with van der Waals surface area (Å²) in [5, 5.41) is 0. The molecule has 0 fully saturated rings. The molecule has 1 aliphatic rings. The Labute approximate surface area is 259 Å². The second kappa shape index (κ2) is 13.0. The van der Waals surface area contributed by atoms with Gasteiger partial charge in [-0.1, -0.05) is 91.0 Å². The van der Waals surface area contributed by atoms with Crippen molar-refractivity contribution in [3.63, 3.8) is 0 Å². The number of amides is 2. The van der Waals surface area contributed by atoms with Crippen molar-refractivity contribution in [2.45, 2.75) is 38.4 Å². The molecule has 1 atom stereocenters. The highest BCUT2D eigenvalue weighted by atomic mass is 16.5. The third kappa shape index (κ3) is 6.16. The molecule has 0 aliphatic carbocycles. The summed E-state index contributed by atoms with van der Waals surface area (Å²) in [5.74, 6) is 0.785. The minimum absolute atomic E-state index is 0.00984. The number of ether oxygens (including phenoxy) is 1. The van der Waals surface area contributed by atoms with Crippen molar-refractivity contribution in [2.24, 2.45) is 0 Å². The highest BCUT2D eigenvalue weighted by Crippen LogP contribution is 2.35. The van der Waals surface area contributed by atoms with Crippen molar-refractivity contribution < 1.29 is 14.3 Å². The second-order valence-corrected chi connectivity index (χ2v) is 11.4. The molecule has 2 heterocycles. The number of benzene rings is 4. The van der Waals surface area contributed by atoms with Crippen LogP contribution in [0.2, 0.25) is 0 Å². The number of para-hydroxylation sites is 1. The quantitative estimate of drug-likeness (QED) is 0.183. The normalized spacial score (nSPS) is 14.4. The van der Waals surface area contributed by atoms with Crippen molar-refractivity contribution in [1.29, 1.82) is 0 Å². The highest BCUT2D eigenvalue weighted by Gasteiger charge is 2.36. The van der Waals surface area contributed by atoms with Crippen molar-refractivity contribution in [2.75, 3.05) is 13.1 Å². The molecule has 6 nitrogen and oxygen atoms in total. The molecule has 222 valence electrons. The van der Waals surface area contributed by atoms with Crippen LogP contribution in [0.1, 0.15) is 48.2 Å². The lowest BCUT2D eigenvalue weighted by Crippen LogP contribution is -2.50. The van der Waals surface area contributed by atoms with Crippen LogP contribution < -0.4 is 4.74 Å². The first-order chi connectivity index (χ1) is 21.5. The van der Waals surface area contributed by atoms with Crippen LogP contribution in [0.15, 0.2) is 134 Å². The summed E-state index contributed by atoms with van der Waals surface area (Å²) in [4.78, 5) is 32.3. The molecular formula is C38H37N3O3. The maximum Gasteiger partial charge on any atom is 0.243 e. The molecule has 1 aromatic heterocycles. The van der Waals surface area contributed by atoms with E-state index < -0.39 is 5.92 Å². The van der Waals surface area contributed by atoms with E-state index in [2.05, 4.69) is 16.8 Å². The first-order valence-corrected chi connectivity index (χ1v) is 15.2. The molecule has 0 unspecified atom stereocenters. The van der Waals surface area contributed by atoms with Gasteiger partial charge in [0.2, 0.25) is 11.8 Å². The van der Waals surface area contributed by atoms with Gasteiger partial charge in [0.25, 0.3) is 0 Å². The zero-order valence-corrected chi connectivity index (χ0v) is 25.1. The van der Waals surface area contributed by atoms with Gasteiger partial charge in [0.15, 0.2) is 0 Å². The smallest absolute Gasteiger partial charge is 0.243 e. The molecule has 2 amide bonds. The molecule has 0 bridgehead atoms. The highest BCUT2D eigenvalue weighted by molar-refractivity contribution is 5.91. The van der Waals surface area contributed by atoms with E-state index in [0.29, 0.717) is 18.8 Å². The van der Waals surface area contributed by atoms with Crippen LogP contribution in [0.4, 0.5) is 0 Å². The number of nitrogens with zero attached hydrogens (tertiary/aromatic N) is 3. The van der Waals surface area contributed by atoms with Gasteiger partial charge in [0.1, 0.15) is 18.0 Å². The Morgan fingerprint density at radius 1 is 0.750 bits per heavy atom. The zero-order chi connectivity index (χ0) is 30.5. The second-order valence-electron chi connectivity index (χ2n) is 11.4. The maximum absolute atomic E-state index is 14.4. The molecule has 6 rings (SSSR count). The Morgan fingerprint density at radius 2 is 1.36 bits per heavy atom. The third-order valence-corrected chi connectivity index (χ3v) is 8.24. The number of rotatable bonds is 9. The average Bonchev–Trinajstić information content (AvgIpc) is 3.54. The summed E-state index contributed by atoms with van der Waals surface area (Å²) in [6.45, 7) is 5.17. The average molecular weight is 584 g/mol. The van der Waals surface area contributed by atoms with E-state index in [1.807, 2.05) is 140 Å². The largest absolute Gasteiger partial charge is 0.457 e. The number of carbonyl (C=O) groups is 2. The third-order valence-electron chi connectivity index (χ3n) is 8.24. The van der Waals surface area contributed by atoms with Crippen molar-refractivity contribution in [3.05, 3.63) is 156 Å². The van der Waals surface area contributed by atoms with Crippen LogP contribution in [0.25, 0.3) is 0 Å². The Bertz CT molecular complexity index is 1660. The van der Waals surface area contributed by atoms with Gasteiger partial charge in [-0.05, 0) is 66.9 Å². The number of fused-ring (bicyclic) bond motifs is 1. The number of hydrogen-bond acceptors (Lipinski definition) is 3. The number of carbonyl (C=O) groups excluding carboxylic acids is 2. The Hall–Kier alpha value is -5.10. The predicted octanol–water partition coefficient (Wildman–Crippen LogP) is 7.28. The topological polar surface area (TPSA) is 54.8 Å².